The third-order valence-electron chi connectivity index (χ3n) is 15.8. The van der Waals surface area contributed by atoms with Crippen LogP contribution in [-0.2, 0) is 11.8 Å². The second-order valence-electron chi connectivity index (χ2n) is 22.9. The lowest BCUT2D eigenvalue weighted by Gasteiger charge is -2.37. The van der Waals surface area contributed by atoms with Gasteiger partial charge in [0.1, 0.15) is 35.4 Å². The molecule has 77 heavy (non-hydrogen) atoms. The van der Waals surface area contributed by atoms with E-state index in [1.807, 2.05) is 32.9 Å². The Balaban J connectivity index is 0.000000204. The molecule has 2 atom stereocenters. The molecule has 14 heteroatoms. The van der Waals surface area contributed by atoms with Crippen LogP contribution in [0.3, 0.4) is 0 Å². The molecular formula is C63H82F4N4O6. The van der Waals surface area contributed by atoms with E-state index in [-0.39, 0.29) is 54.6 Å². The quantitative estimate of drug-likeness (QED) is 0.0730. The summed E-state index contributed by atoms with van der Waals surface area (Å²) in [5.41, 5.74) is 9.52. The number of benzene rings is 4. The van der Waals surface area contributed by atoms with E-state index < -0.39 is 5.92 Å². The summed E-state index contributed by atoms with van der Waals surface area (Å²) in [4.78, 5) is 13.8. The maximum Gasteiger partial charge on any atom is 0.260 e. The van der Waals surface area contributed by atoms with Gasteiger partial charge in [-0.25, -0.2) is 27.5 Å². The molecule has 0 radical (unpaired) electrons. The van der Waals surface area contributed by atoms with Crippen molar-refractivity contribution in [3.8, 4) is 23.0 Å². The predicted octanol–water partition coefficient (Wildman–Crippen LogP) is 15.8. The van der Waals surface area contributed by atoms with Crippen molar-refractivity contribution in [2.45, 2.75) is 175 Å². The van der Waals surface area contributed by atoms with Crippen LogP contribution in [-0.4, -0.2) is 90.4 Å². The highest BCUT2D eigenvalue weighted by atomic mass is 19.3. The Labute approximate surface area is 453 Å². The number of piperidine rings is 2. The molecule has 0 spiro atoms. The summed E-state index contributed by atoms with van der Waals surface area (Å²) in [7, 11) is 0. The van der Waals surface area contributed by atoms with E-state index in [1.165, 1.54) is 49.9 Å². The Bertz CT molecular complexity index is 2930. The maximum atomic E-state index is 13.9. The van der Waals surface area contributed by atoms with Gasteiger partial charge in [0.15, 0.2) is 23.3 Å². The maximum absolute atomic E-state index is 13.9. The number of hydrogen-bond donors (Lipinski definition) is 0. The van der Waals surface area contributed by atoms with Gasteiger partial charge in [0.25, 0.3) is 5.92 Å². The van der Waals surface area contributed by atoms with Crippen molar-refractivity contribution in [2.24, 2.45) is 0 Å². The molecule has 1 saturated carbocycles. The molecule has 4 aromatic carbocycles. The molecule has 2 aromatic heterocycles. The normalized spacial score (nSPS) is 17.6. The van der Waals surface area contributed by atoms with Gasteiger partial charge in [-0.15, -0.1) is 0 Å². The summed E-state index contributed by atoms with van der Waals surface area (Å²) in [6.07, 6.45) is 10.2. The molecule has 2 saturated heterocycles. The smallest absolute Gasteiger partial charge is 0.260 e. The lowest BCUT2D eigenvalue weighted by Crippen LogP contribution is -2.44. The first-order valence-corrected chi connectivity index (χ1v) is 28.2. The Morgan fingerprint density at radius 2 is 1.25 bits per heavy atom. The van der Waals surface area contributed by atoms with Crippen LogP contribution in [0.5, 0.6) is 23.0 Å². The van der Waals surface area contributed by atoms with E-state index in [0.717, 1.165) is 88.6 Å². The molecule has 10 nitrogen and oxygen atoms in total. The number of alkyl halides is 2. The molecule has 3 aliphatic rings. The van der Waals surface area contributed by atoms with Crippen LogP contribution in [0, 0.1) is 32.4 Å². The van der Waals surface area contributed by atoms with Crippen LogP contribution in [0.2, 0.25) is 0 Å². The van der Waals surface area contributed by atoms with E-state index in [2.05, 4.69) is 58.0 Å². The Hall–Kier alpha value is -5.60. The number of likely N-dealkylation sites (tertiary alicyclic amines) is 2. The van der Waals surface area contributed by atoms with Gasteiger partial charge in [-0.1, -0.05) is 85.2 Å². The number of allylic oxidation sites excluding steroid dienone is 1. The molecule has 2 unspecified atom stereocenters. The highest BCUT2D eigenvalue weighted by molar-refractivity contribution is 5.93. The minimum atomic E-state index is -2.66. The second kappa shape index (κ2) is 25.0. The topological polar surface area (TPSA) is 95.5 Å². The molecule has 9 rings (SSSR count). The van der Waals surface area contributed by atoms with Gasteiger partial charge in [-0.05, 0) is 141 Å². The minimum absolute atomic E-state index is 0.0696. The fourth-order valence-electron chi connectivity index (χ4n) is 11.7. The Morgan fingerprint density at radius 1 is 0.727 bits per heavy atom. The van der Waals surface area contributed by atoms with Crippen LogP contribution in [0.25, 0.3) is 27.8 Å². The van der Waals surface area contributed by atoms with E-state index in [1.54, 1.807) is 24.0 Å². The van der Waals surface area contributed by atoms with Gasteiger partial charge in [0, 0.05) is 57.1 Å². The zero-order chi connectivity index (χ0) is 55.2. The molecule has 0 amide bonds. The number of rotatable bonds is 19. The van der Waals surface area contributed by atoms with Gasteiger partial charge in [0.05, 0.1) is 19.8 Å². The average molecular weight is 1070 g/mol. The lowest BCUT2D eigenvalue weighted by atomic mass is 9.82. The first kappa shape index (κ1) is 57.6. The van der Waals surface area contributed by atoms with Gasteiger partial charge < -0.3 is 32.7 Å². The molecule has 6 aromatic rings. The summed E-state index contributed by atoms with van der Waals surface area (Å²) in [5, 5.41) is 0. The van der Waals surface area contributed by atoms with Gasteiger partial charge in [0.2, 0.25) is 22.7 Å². The zero-order valence-electron chi connectivity index (χ0n) is 47.3. The van der Waals surface area contributed by atoms with Gasteiger partial charge >= 0.3 is 0 Å². The third-order valence-corrected chi connectivity index (χ3v) is 15.8. The lowest BCUT2D eigenvalue weighted by molar-refractivity contribution is -0.0657. The highest BCUT2D eigenvalue weighted by Crippen LogP contribution is 2.49. The van der Waals surface area contributed by atoms with E-state index >= 15 is 0 Å². The van der Waals surface area contributed by atoms with E-state index in [9.17, 15) is 17.6 Å². The Morgan fingerprint density at radius 3 is 1.77 bits per heavy atom. The monoisotopic (exact) mass is 1070 g/mol. The molecule has 2 aliphatic heterocycles. The van der Waals surface area contributed by atoms with Crippen molar-refractivity contribution in [1.29, 1.82) is 0 Å². The number of halogens is 4. The van der Waals surface area contributed by atoms with Crippen LogP contribution in [0.1, 0.15) is 170 Å². The third kappa shape index (κ3) is 14.0. The van der Waals surface area contributed by atoms with Crippen molar-refractivity contribution in [3.63, 3.8) is 0 Å². The molecular weight excluding hydrogens is 985 g/mol. The highest BCUT2D eigenvalue weighted by Gasteiger charge is 2.36. The molecule has 0 bridgehead atoms. The fourth-order valence-corrected chi connectivity index (χ4v) is 11.7. The standard InChI is InChI=1S/C33H45FN2O3.C30H37F3N2O3/c1-21(24-11-13-25(34)14-12-24)17-20-37-32-30(39-27-15-18-36(19-16-27)26-9-7-8-10-26)28(33(4,5)6)22(2)29-31(32)38-23(3)35-29;1-6-24-25(19(2)3)27(37-17-15-35-14-7-13-30(32,33)18-35)29(28-26(24)34-21(5)38-28)36-16-12-20(4)22-8-10-23(31)11-9-22/h11-14,21,26-27H,7-10,15-20H2,1-6H3;8-11,20H,2,6-7,12-18H2,1,3-5H3. The largest absolute Gasteiger partial charge is 0.488 e. The molecule has 1 aliphatic carbocycles. The van der Waals surface area contributed by atoms with Crippen molar-refractivity contribution in [3.05, 3.63) is 112 Å². The van der Waals surface area contributed by atoms with Crippen LogP contribution < -0.4 is 18.9 Å². The Kier molecular flexibility index (Phi) is 18.7. The number of fused-ring (bicyclic) bond motifs is 2. The summed E-state index contributed by atoms with van der Waals surface area (Å²) < 4.78 is 92.9. The van der Waals surface area contributed by atoms with Gasteiger partial charge in [-0.2, -0.15) is 0 Å². The first-order valence-electron chi connectivity index (χ1n) is 28.2. The minimum Gasteiger partial charge on any atom is -0.488 e. The SMILES string of the molecule is C=C(C)c1c(OCCN2CCCC(F)(F)C2)c(OCCC(C)c2ccc(F)cc2)c2oc(C)nc2c1CC.Cc1nc2c(C)c(C(C)(C)C)c(OC3CCN(C4CCCC4)CC3)c(OCCC(C)c3ccc(F)cc3)c2o1. The molecule has 3 fully saturated rings. The number of ether oxygens (including phenoxy) is 4. The first-order chi connectivity index (χ1) is 36.7. The molecule has 418 valence electrons. The fraction of sp³-hybridized carbons (Fsp3) is 0.556. The van der Waals surface area contributed by atoms with E-state index in [0.29, 0.717) is 91.3 Å². The van der Waals surface area contributed by atoms with Crippen LogP contribution >= 0.6 is 0 Å². The van der Waals surface area contributed by atoms with Crippen molar-refractivity contribution < 1.29 is 45.3 Å². The number of aromatic nitrogens is 2. The van der Waals surface area contributed by atoms with Gasteiger partial charge in [-0.3, -0.25) is 4.90 Å². The van der Waals surface area contributed by atoms with Crippen molar-refractivity contribution in [1.82, 2.24) is 19.8 Å². The summed E-state index contributed by atoms with van der Waals surface area (Å²) >= 11 is 0. The number of hydrogen-bond acceptors (Lipinski definition) is 10. The number of oxazole rings is 2. The summed E-state index contributed by atoms with van der Waals surface area (Å²) in [5.74, 6) is 0.818. The van der Waals surface area contributed by atoms with Crippen LogP contribution in [0.15, 0.2) is 63.9 Å². The second-order valence-corrected chi connectivity index (χ2v) is 22.9. The molecule has 4 heterocycles. The van der Waals surface area contributed by atoms with Crippen LogP contribution in [0.4, 0.5) is 17.6 Å². The molecule has 0 N–H and O–H groups in total. The van der Waals surface area contributed by atoms with Crippen molar-refractivity contribution in [2.75, 3.05) is 52.5 Å². The summed E-state index contributed by atoms with van der Waals surface area (Å²) in [6.45, 7) is 28.8. The average Bonchev–Trinajstić information content (AvgIpc) is 4.16. The number of aryl methyl sites for hydroxylation is 4. The van der Waals surface area contributed by atoms with Crippen molar-refractivity contribution >= 4 is 27.8 Å². The summed E-state index contributed by atoms with van der Waals surface area (Å²) in [6, 6.07) is 14.0. The van der Waals surface area contributed by atoms with E-state index in [4.69, 9.17) is 32.8 Å². The predicted molar refractivity (Wildman–Crippen MR) is 298 cm³/mol. The number of nitrogens with zero attached hydrogens (tertiary/aromatic N) is 4. The zero-order valence-corrected chi connectivity index (χ0v) is 47.3.